The zero-order valence-electron chi connectivity index (χ0n) is 17.0. The molecule has 30 heavy (non-hydrogen) atoms. The van der Waals surface area contributed by atoms with E-state index in [1.54, 1.807) is 24.3 Å². The Morgan fingerprint density at radius 1 is 1.27 bits per heavy atom. The van der Waals surface area contributed by atoms with Crippen LogP contribution in [-0.2, 0) is 4.74 Å². The van der Waals surface area contributed by atoms with Gasteiger partial charge in [-0.1, -0.05) is 12.1 Å². The summed E-state index contributed by atoms with van der Waals surface area (Å²) < 4.78 is 10.7. The van der Waals surface area contributed by atoms with E-state index < -0.39 is 24.2 Å². The number of nitrogens with zero attached hydrogens (tertiary/aromatic N) is 1. The molecule has 2 unspecified atom stereocenters. The van der Waals surface area contributed by atoms with Crippen LogP contribution in [0.25, 0.3) is 10.8 Å². The lowest BCUT2D eigenvalue weighted by Gasteiger charge is -2.37. The molecule has 160 valence electrons. The molecule has 7 heteroatoms. The lowest BCUT2D eigenvalue weighted by Crippen LogP contribution is -2.41. The van der Waals surface area contributed by atoms with Gasteiger partial charge in [-0.15, -0.1) is 6.58 Å². The molecule has 1 amide bonds. The third-order valence-electron chi connectivity index (χ3n) is 5.43. The number of carbonyl (C=O) groups excluding carboxylic acids is 1. The number of aliphatic hydroxyl groups excluding tert-OH is 1. The number of fused-ring (bicyclic) bond motifs is 1. The number of piperidine rings is 1. The van der Waals surface area contributed by atoms with Gasteiger partial charge in [0, 0.05) is 6.54 Å². The van der Waals surface area contributed by atoms with Crippen LogP contribution < -0.4 is 4.74 Å². The van der Waals surface area contributed by atoms with E-state index in [-0.39, 0.29) is 6.54 Å². The second-order valence-corrected chi connectivity index (χ2v) is 7.35. The van der Waals surface area contributed by atoms with E-state index in [0.717, 1.165) is 18.4 Å². The first-order valence-electron chi connectivity index (χ1n) is 10.0. The van der Waals surface area contributed by atoms with Crippen molar-refractivity contribution in [1.29, 1.82) is 0 Å². The highest BCUT2D eigenvalue weighted by Crippen LogP contribution is 2.38. The number of carbonyl (C=O) groups is 2. The molecular formula is C23H27NO6. The number of rotatable bonds is 7. The summed E-state index contributed by atoms with van der Waals surface area (Å²) in [4.78, 5) is 25.4. The van der Waals surface area contributed by atoms with Crippen LogP contribution in [0.15, 0.2) is 43.0 Å². The third-order valence-corrected chi connectivity index (χ3v) is 5.43. The molecule has 1 aliphatic rings. The van der Waals surface area contributed by atoms with Crippen LogP contribution in [0.4, 0.5) is 4.79 Å². The molecule has 3 rings (SSSR count). The number of likely N-dealkylation sites (tertiary alicyclic amines) is 1. The minimum Gasteiger partial charge on any atom is -0.494 e. The van der Waals surface area contributed by atoms with Crippen molar-refractivity contribution < 1.29 is 29.3 Å². The zero-order chi connectivity index (χ0) is 21.7. The van der Waals surface area contributed by atoms with Crippen molar-refractivity contribution in [3.8, 4) is 5.75 Å². The van der Waals surface area contributed by atoms with E-state index in [2.05, 4.69) is 6.58 Å². The van der Waals surface area contributed by atoms with E-state index in [1.807, 2.05) is 12.1 Å². The smallest absolute Gasteiger partial charge is 0.407 e. The molecular weight excluding hydrogens is 386 g/mol. The quantitative estimate of drug-likeness (QED) is 0.402. The number of amides is 1. The molecule has 2 aromatic rings. The summed E-state index contributed by atoms with van der Waals surface area (Å²) in [5.41, 5.74) is 1.13. The average molecular weight is 413 g/mol. The summed E-state index contributed by atoms with van der Waals surface area (Å²) in [6, 6.07) is 8.28. The number of esters is 1. The van der Waals surface area contributed by atoms with Crippen LogP contribution >= 0.6 is 0 Å². The molecule has 1 aliphatic heterocycles. The number of allylic oxidation sites excluding steroid dienone is 1. The van der Waals surface area contributed by atoms with Crippen molar-refractivity contribution in [1.82, 2.24) is 4.90 Å². The van der Waals surface area contributed by atoms with Gasteiger partial charge in [0.1, 0.15) is 5.75 Å². The predicted octanol–water partition coefficient (Wildman–Crippen LogP) is 4.15. The fourth-order valence-electron chi connectivity index (χ4n) is 3.91. The summed E-state index contributed by atoms with van der Waals surface area (Å²) in [6.45, 7) is 4.47. The second kappa shape index (κ2) is 9.63. The van der Waals surface area contributed by atoms with Crippen LogP contribution in [0.3, 0.4) is 0 Å². The molecule has 0 bridgehead atoms. The molecule has 1 fully saturated rings. The van der Waals surface area contributed by atoms with Gasteiger partial charge in [-0.25, -0.2) is 9.59 Å². The van der Waals surface area contributed by atoms with Crippen molar-refractivity contribution in [3.05, 3.63) is 54.1 Å². The number of unbranched alkanes of at least 4 members (excludes halogenated alkanes) is 1. The molecule has 0 radical (unpaired) electrons. The van der Waals surface area contributed by atoms with Gasteiger partial charge in [-0.3, -0.25) is 0 Å². The molecule has 1 saturated heterocycles. The number of benzene rings is 2. The Kier molecular flexibility index (Phi) is 6.95. The van der Waals surface area contributed by atoms with Crippen LogP contribution in [-0.4, -0.2) is 53.5 Å². The normalized spacial score (nSPS) is 18.8. The lowest BCUT2D eigenvalue weighted by molar-refractivity contribution is 0.0428. The largest absolute Gasteiger partial charge is 0.494 e. The molecule has 0 aliphatic carbocycles. The number of methoxy groups -OCH3 is 1. The zero-order valence-corrected chi connectivity index (χ0v) is 17.0. The van der Waals surface area contributed by atoms with E-state index >= 15 is 0 Å². The molecule has 7 nitrogen and oxygen atoms in total. The van der Waals surface area contributed by atoms with Crippen molar-refractivity contribution >= 4 is 22.8 Å². The molecule has 0 spiro atoms. The Balaban J connectivity index is 2.08. The predicted molar refractivity (Wildman–Crippen MR) is 113 cm³/mol. The van der Waals surface area contributed by atoms with Gasteiger partial charge in [0.05, 0.1) is 31.4 Å². The summed E-state index contributed by atoms with van der Waals surface area (Å²) in [7, 11) is 1.32. The summed E-state index contributed by atoms with van der Waals surface area (Å²) in [5, 5.41) is 21.2. The maximum absolute atomic E-state index is 12.3. The minimum absolute atomic E-state index is 0.249. The third kappa shape index (κ3) is 4.57. The van der Waals surface area contributed by atoms with Gasteiger partial charge >= 0.3 is 12.1 Å². The maximum atomic E-state index is 12.3. The Hall–Kier alpha value is -3.06. The van der Waals surface area contributed by atoms with Crippen molar-refractivity contribution in [2.45, 2.75) is 37.8 Å². The number of hydrogen-bond acceptors (Lipinski definition) is 5. The monoisotopic (exact) mass is 413 g/mol. The van der Waals surface area contributed by atoms with Crippen molar-refractivity contribution in [3.63, 3.8) is 0 Å². The number of hydrogen-bond donors (Lipinski definition) is 2. The first kappa shape index (κ1) is 21.6. The molecule has 2 N–H and O–H groups in total. The molecule has 2 aromatic carbocycles. The lowest BCUT2D eigenvalue weighted by atomic mass is 9.88. The Morgan fingerprint density at radius 3 is 2.77 bits per heavy atom. The highest BCUT2D eigenvalue weighted by molar-refractivity contribution is 6.06. The van der Waals surface area contributed by atoms with Crippen molar-refractivity contribution in [2.75, 3.05) is 20.3 Å². The maximum Gasteiger partial charge on any atom is 0.407 e. The van der Waals surface area contributed by atoms with E-state index in [9.17, 15) is 19.8 Å². The molecule has 0 saturated carbocycles. The van der Waals surface area contributed by atoms with E-state index in [0.29, 0.717) is 41.5 Å². The molecule has 0 aromatic heterocycles. The van der Waals surface area contributed by atoms with Gasteiger partial charge in [-0.05, 0) is 66.3 Å². The Bertz CT molecular complexity index is 941. The first-order chi connectivity index (χ1) is 14.5. The van der Waals surface area contributed by atoms with Gasteiger partial charge in [-0.2, -0.15) is 0 Å². The fourth-order valence-corrected chi connectivity index (χ4v) is 3.91. The van der Waals surface area contributed by atoms with Crippen molar-refractivity contribution in [2.24, 2.45) is 0 Å². The number of aliphatic hydroxyl groups is 1. The molecule has 2 atom stereocenters. The first-order valence-corrected chi connectivity index (χ1v) is 10.0. The van der Waals surface area contributed by atoms with Crippen LogP contribution in [0.1, 0.15) is 47.6 Å². The molecule has 1 heterocycles. The van der Waals surface area contributed by atoms with Crippen LogP contribution in [0.5, 0.6) is 5.75 Å². The van der Waals surface area contributed by atoms with Gasteiger partial charge < -0.3 is 24.6 Å². The standard InChI is InChI=1S/C23H27NO6/c1-3-4-5-12-30-16-6-7-17-19(22(26)29-2)9-8-18(20(17)14-16)21-13-15(25)10-11-24(21)23(27)28/h3,6-9,14-15,21,25H,1,4-5,10-13H2,2H3,(H,27,28). The number of carboxylic acid groups (broad SMARTS) is 1. The minimum atomic E-state index is -1.03. The highest BCUT2D eigenvalue weighted by atomic mass is 16.5. The fraction of sp³-hybridized carbons (Fsp3) is 0.391. The van der Waals surface area contributed by atoms with E-state index in [4.69, 9.17) is 9.47 Å². The van der Waals surface area contributed by atoms with E-state index in [1.165, 1.54) is 12.0 Å². The number of ether oxygens (including phenoxy) is 2. The Labute approximate surface area is 175 Å². The van der Waals surface area contributed by atoms with Gasteiger partial charge in [0.25, 0.3) is 0 Å². The Morgan fingerprint density at radius 2 is 2.07 bits per heavy atom. The van der Waals surface area contributed by atoms with Gasteiger partial charge in [0.15, 0.2) is 0 Å². The average Bonchev–Trinajstić information content (AvgIpc) is 2.75. The topological polar surface area (TPSA) is 96.3 Å². The highest BCUT2D eigenvalue weighted by Gasteiger charge is 2.33. The summed E-state index contributed by atoms with van der Waals surface area (Å²) >= 11 is 0. The van der Waals surface area contributed by atoms with Crippen LogP contribution in [0.2, 0.25) is 0 Å². The second-order valence-electron chi connectivity index (χ2n) is 7.35. The summed E-state index contributed by atoms with van der Waals surface area (Å²) in [5.74, 6) is 0.165. The SMILES string of the molecule is C=CCCCOc1ccc2c(C(=O)OC)ccc(C3CC(O)CCN3C(=O)O)c2c1. The van der Waals surface area contributed by atoms with Crippen LogP contribution in [0, 0.1) is 0 Å². The van der Waals surface area contributed by atoms with Gasteiger partial charge in [0.2, 0.25) is 0 Å². The summed E-state index contributed by atoms with van der Waals surface area (Å²) in [6.07, 6.45) is 2.59.